The van der Waals surface area contributed by atoms with E-state index in [9.17, 15) is 15.3 Å². The molecule has 170 valence electrons. The molecule has 0 heterocycles. The molecule has 0 rings (SSSR count). The molecule has 0 aromatic heterocycles. The van der Waals surface area contributed by atoms with Crippen LogP contribution in [0.3, 0.4) is 0 Å². The molecular formula is C15H29N9O6. The smallest absolute Gasteiger partial charge is 0.0829 e. The number of ether oxygens (including phenoxy) is 3. The molecule has 0 aliphatic rings. The van der Waals surface area contributed by atoms with Gasteiger partial charge in [-0.3, -0.25) is 0 Å². The number of hydrogen-bond donors (Lipinski definition) is 3. The molecule has 0 saturated heterocycles. The molecule has 0 aliphatic heterocycles. The van der Waals surface area contributed by atoms with Gasteiger partial charge in [0.15, 0.2) is 0 Å². The van der Waals surface area contributed by atoms with Gasteiger partial charge in [0.2, 0.25) is 0 Å². The molecular weight excluding hydrogens is 402 g/mol. The summed E-state index contributed by atoms with van der Waals surface area (Å²) < 4.78 is 16.6. The van der Waals surface area contributed by atoms with Crippen LogP contribution in [0.1, 0.15) is 13.3 Å². The van der Waals surface area contributed by atoms with Gasteiger partial charge in [0, 0.05) is 20.2 Å². The van der Waals surface area contributed by atoms with Crippen LogP contribution in [0.4, 0.5) is 0 Å². The first-order chi connectivity index (χ1) is 14.4. The average Bonchev–Trinajstić information content (AvgIpc) is 2.74. The normalized spacial score (nSPS) is 15.6. The third-order valence-corrected chi connectivity index (χ3v) is 3.97. The summed E-state index contributed by atoms with van der Waals surface area (Å²) in [5, 5.41) is 39.0. The van der Waals surface area contributed by atoms with Crippen LogP contribution in [0, 0.1) is 5.41 Å². The van der Waals surface area contributed by atoms with Crippen LogP contribution in [0.2, 0.25) is 0 Å². The van der Waals surface area contributed by atoms with Crippen molar-refractivity contribution in [1.82, 2.24) is 0 Å². The van der Waals surface area contributed by atoms with Crippen molar-refractivity contribution >= 4 is 0 Å². The van der Waals surface area contributed by atoms with E-state index in [0.29, 0.717) is 6.42 Å². The van der Waals surface area contributed by atoms with E-state index in [0.717, 1.165) is 0 Å². The first-order valence-electron chi connectivity index (χ1n) is 9.23. The zero-order valence-corrected chi connectivity index (χ0v) is 16.9. The van der Waals surface area contributed by atoms with E-state index in [1.54, 1.807) is 0 Å². The standard InChI is InChI=1S/C15H29N9O6/c1-2-15(9-28-6-12(25)3-19-22-16,10-29-7-13(26)4-20-23-17)11-30-8-14(27)5-21-24-18/h12-14,25-27H,2-11H2,1H3. The van der Waals surface area contributed by atoms with Gasteiger partial charge in [-0.05, 0) is 23.0 Å². The number of aliphatic hydroxyl groups is 3. The SMILES string of the molecule is CCC(COCC(O)CN=[N+]=[N-])(COCC(O)CN=[N+]=[N-])COCC(O)CN=[N+]=[N-]. The lowest BCUT2D eigenvalue weighted by atomic mass is 9.88. The summed E-state index contributed by atoms with van der Waals surface area (Å²) >= 11 is 0. The van der Waals surface area contributed by atoms with Crippen LogP contribution >= 0.6 is 0 Å². The van der Waals surface area contributed by atoms with Gasteiger partial charge < -0.3 is 29.5 Å². The van der Waals surface area contributed by atoms with Gasteiger partial charge in [-0.25, -0.2) is 0 Å². The van der Waals surface area contributed by atoms with Crippen LogP contribution in [-0.4, -0.2) is 92.9 Å². The molecule has 0 aromatic rings. The Labute approximate surface area is 173 Å². The van der Waals surface area contributed by atoms with E-state index in [4.69, 9.17) is 30.8 Å². The van der Waals surface area contributed by atoms with Crippen molar-refractivity contribution < 1.29 is 29.5 Å². The topological polar surface area (TPSA) is 235 Å². The highest BCUT2D eigenvalue weighted by Crippen LogP contribution is 2.24. The fourth-order valence-corrected chi connectivity index (χ4v) is 2.22. The number of aliphatic hydroxyl groups excluding tert-OH is 3. The van der Waals surface area contributed by atoms with Crippen molar-refractivity contribution in [2.75, 3.05) is 59.3 Å². The summed E-state index contributed by atoms with van der Waals surface area (Å²) in [4.78, 5) is 7.70. The Bertz CT molecular complexity index is 527. The zero-order valence-electron chi connectivity index (χ0n) is 16.9. The van der Waals surface area contributed by atoms with Crippen molar-refractivity contribution in [3.63, 3.8) is 0 Å². The molecule has 15 heteroatoms. The van der Waals surface area contributed by atoms with Crippen molar-refractivity contribution in [1.29, 1.82) is 0 Å². The zero-order chi connectivity index (χ0) is 22.7. The number of azide groups is 3. The molecule has 0 bridgehead atoms. The van der Waals surface area contributed by atoms with Gasteiger partial charge in [0.1, 0.15) is 0 Å². The Morgan fingerprint density at radius 1 is 0.700 bits per heavy atom. The molecule has 3 N–H and O–H groups in total. The van der Waals surface area contributed by atoms with Crippen LogP contribution in [0.15, 0.2) is 15.3 Å². The van der Waals surface area contributed by atoms with Gasteiger partial charge in [0.05, 0.1) is 77.6 Å². The fourth-order valence-electron chi connectivity index (χ4n) is 2.22. The Hall–Kier alpha value is -2.31. The molecule has 30 heavy (non-hydrogen) atoms. The van der Waals surface area contributed by atoms with E-state index in [-0.39, 0.29) is 59.3 Å². The van der Waals surface area contributed by atoms with Crippen molar-refractivity contribution in [3.8, 4) is 0 Å². The largest absolute Gasteiger partial charge is 0.391 e. The highest BCUT2D eigenvalue weighted by Gasteiger charge is 2.30. The Morgan fingerprint density at radius 2 is 1.00 bits per heavy atom. The monoisotopic (exact) mass is 431 g/mol. The molecule has 0 fully saturated rings. The lowest BCUT2D eigenvalue weighted by Crippen LogP contribution is -2.39. The predicted molar refractivity (Wildman–Crippen MR) is 105 cm³/mol. The second-order valence-electron chi connectivity index (χ2n) is 6.60. The minimum atomic E-state index is -0.964. The summed E-state index contributed by atoms with van der Waals surface area (Å²) in [5.41, 5.74) is 24.2. The maximum atomic E-state index is 9.71. The van der Waals surface area contributed by atoms with Crippen LogP contribution in [-0.2, 0) is 14.2 Å². The minimum absolute atomic E-state index is 0.0697. The molecule has 0 aliphatic carbocycles. The summed E-state index contributed by atoms with van der Waals surface area (Å²) in [6.07, 6.45) is -2.35. The number of hydrogen-bond acceptors (Lipinski definition) is 9. The molecule has 0 spiro atoms. The highest BCUT2D eigenvalue weighted by molar-refractivity contribution is 4.79. The third-order valence-electron chi connectivity index (χ3n) is 3.97. The van der Waals surface area contributed by atoms with E-state index >= 15 is 0 Å². The quantitative estimate of drug-likeness (QED) is 0.155. The molecule has 0 saturated carbocycles. The van der Waals surface area contributed by atoms with Crippen molar-refractivity contribution in [2.24, 2.45) is 20.8 Å². The Balaban J connectivity index is 4.79. The fraction of sp³-hybridized carbons (Fsp3) is 1.00. The lowest BCUT2D eigenvalue weighted by Gasteiger charge is -2.33. The van der Waals surface area contributed by atoms with Gasteiger partial charge in [0.25, 0.3) is 0 Å². The van der Waals surface area contributed by atoms with Crippen LogP contribution < -0.4 is 0 Å². The molecule has 0 aromatic carbocycles. The maximum absolute atomic E-state index is 9.71. The first-order valence-corrected chi connectivity index (χ1v) is 9.23. The van der Waals surface area contributed by atoms with Gasteiger partial charge >= 0.3 is 0 Å². The first kappa shape index (κ1) is 27.7. The molecule has 3 atom stereocenters. The van der Waals surface area contributed by atoms with E-state index in [1.807, 2.05) is 6.92 Å². The second-order valence-corrected chi connectivity index (χ2v) is 6.60. The van der Waals surface area contributed by atoms with Crippen molar-refractivity contribution in [3.05, 3.63) is 31.3 Å². The second kappa shape index (κ2) is 17.5. The van der Waals surface area contributed by atoms with E-state index in [1.165, 1.54) is 0 Å². The van der Waals surface area contributed by atoms with Gasteiger partial charge in [-0.15, -0.1) is 0 Å². The molecule has 15 nitrogen and oxygen atoms in total. The Morgan fingerprint density at radius 3 is 1.23 bits per heavy atom. The molecule has 3 unspecified atom stereocenters. The summed E-state index contributed by atoms with van der Waals surface area (Å²) in [6, 6.07) is 0. The lowest BCUT2D eigenvalue weighted by molar-refractivity contribution is -0.0982. The van der Waals surface area contributed by atoms with E-state index in [2.05, 4.69) is 30.1 Å². The van der Waals surface area contributed by atoms with Crippen LogP contribution in [0.25, 0.3) is 31.3 Å². The van der Waals surface area contributed by atoms with Gasteiger partial charge in [-0.1, -0.05) is 22.3 Å². The average molecular weight is 431 g/mol. The maximum Gasteiger partial charge on any atom is 0.0829 e. The van der Waals surface area contributed by atoms with Crippen LogP contribution in [0.5, 0.6) is 0 Å². The highest BCUT2D eigenvalue weighted by atomic mass is 16.5. The summed E-state index contributed by atoms with van der Waals surface area (Å²) in [5.74, 6) is 0. The third kappa shape index (κ3) is 13.8. The molecule has 0 amide bonds. The molecule has 0 radical (unpaired) electrons. The number of rotatable bonds is 19. The Kier molecular flexibility index (Phi) is 16.2. The van der Waals surface area contributed by atoms with Crippen molar-refractivity contribution in [2.45, 2.75) is 31.7 Å². The minimum Gasteiger partial charge on any atom is -0.391 e. The van der Waals surface area contributed by atoms with Gasteiger partial charge in [-0.2, -0.15) is 0 Å². The predicted octanol–water partition coefficient (Wildman–Crippen LogP) is 1.45. The van der Waals surface area contributed by atoms with E-state index < -0.39 is 23.7 Å². The number of nitrogens with zero attached hydrogens (tertiary/aromatic N) is 9. The summed E-state index contributed by atoms with van der Waals surface area (Å²) in [6.45, 7) is 1.65. The summed E-state index contributed by atoms with van der Waals surface area (Å²) in [7, 11) is 0.